The van der Waals surface area contributed by atoms with Crippen molar-refractivity contribution in [3.8, 4) is 0 Å². The lowest BCUT2D eigenvalue weighted by Gasteiger charge is -2.15. The summed E-state index contributed by atoms with van der Waals surface area (Å²) < 4.78 is 4.77. The van der Waals surface area contributed by atoms with Crippen molar-refractivity contribution in [1.29, 1.82) is 0 Å². The zero-order valence-corrected chi connectivity index (χ0v) is 14.9. The smallest absolute Gasteiger partial charge is 0.337 e. The fraction of sp³-hybridized carbons (Fsp3) is 0.474. The Morgan fingerprint density at radius 3 is 2.60 bits per heavy atom. The summed E-state index contributed by atoms with van der Waals surface area (Å²) in [5.41, 5.74) is 2.50. The number of hydrogen-bond donors (Lipinski definition) is 2. The van der Waals surface area contributed by atoms with Gasteiger partial charge in [-0.3, -0.25) is 4.79 Å². The molecule has 6 heteroatoms. The van der Waals surface area contributed by atoms with Crippen molar-refractivity contribution in [3.63, 3.8) is 0 Å². The Morgan fingerprint density at radius 1 is 1.28 bits per heavy atom. The Hall–Kier alpha value is -2.34. The van der Waals surface area contributed by atoms with Gasteiger partial charge in [-0.25, -0.2) is 4.79 Å². The minimum Gasteiger partial charge on any atom is -0.466 e. The standard InChI is InChI=1S/C19H26N2O4/c1-3-4-5-6-14-7-9-15(10-8-14)20-17-16(19(24)25-2)13-21(11-12-22)18(17)23/h7-10,20,22H,3-6,11-13H2,1-2H3. The van der Waals surface area contributed by atoms with Crippen LogP contribution in [0.15, 0.2) is 35.5 Å². The molecule has 1 amide bonds. The fourth-order valence-corrected chi connectivity index (χ4v) is 2.83. The normalized spacial score (nSPS) is 14.2. The van der Waals surface area contributed by atoms with E-state index in [1.807, 2.05) is 24.3 Å². The van der Waals surface area contributed by atoms with Crippen LogP contribution in [0.3, 0.4) is 0 Å². The molecule has 0 saturated carbocycles. The Labute approximate surface area is 148 Å². The van der Waals surface area contributed by atoms with Crippen LogP contribution in [-0.2, 0) is 20.7 Å². The summed E-state index contributed by atoms with van der Waals surface area (Å²) in [6.07, 6.45) is 4.60. The van der Waals surface area contributed by atoms with Gasteiger partial charge in [-0.2, -0.15) is 0 Å². The van der Waals surface area contributed by atoms with E-state index in [0.717, 1.165) is 18.5 Å². The predicted octanol–water partition coefficient (Wildman–Crippen LogP) is 2.09. The Bertz CT molecular complexity index is 637. The van der Waals surface area contributed by atoms with Crippen LogP contribution in [0.4, 0.5) is 5.69 Å². The number of carbonyl (C=O) groups excluding carboxylic acids is 2. The van der Waals surface area contributed by atoms with Crippen LogP contribution < -0.4 is 5.32 Å². The Kier molecular flexibility index (Phi) is 7.01. The summed E-state index contributed by atoms with van der Waals surface area (Å²) in [6.45, 7) is 2.35. The topological polar surface area (TPSA) is 78.9 Å². The highest BCUT2D eigenvalue weighted by atomic mass is 16.5. The maximum absolute atomic E-state index is 12.5. The molecule has 1 aliphatic rings. The van der Waals surface area contributed by atoms with Gasteiger partial charge in [0.2, 0.25) is 0 Å². The number of aliphatic hydroxyl groups excluding tert-OH is 1. The van der Waals surface area contributed by atoms with Crippen molar-refractivity contribution in [1.82, 2.24) is 4.90 Å². The first-order valence-electron chi connectivity index (χ1n) is 8.68. The molecule has 1 aromatic carbocycles. The van der Waals surface area contributed by atoms with Crippen LogP contribution in [0, 0.1) is 0 Å². The maximum Gasteiger partial charge on any atom is 0.337 e. The van der Waals surface area contributed by atoms with Gasteiger partial charge in [-0.05, 0) is 30.5 Å². The van der Waals surface area contributed by atoms with E-state index < -0.39 is 5.97 Å². The van der Waals surface area contributed by atoms with Crippen LogP contribution in [0.1, 0.15) is 31.7 Å². The van der Waals surface area contributed by atoms with E-state index in [4.69, 9.17) is 9.84 Å². The van der Waals surface area contributed by atoms with Gasteiger partial charge in [0.25, 0.3) is 5.91 Å². The number of amides is 1. The van der Waals surface area contributed by atoms with E-state index in [9.17, 15) is 9.59 Å². The first-order valence-corrected chi connectivity index (χ1v) is 8.68. The van der Waals surface area contributed by atoms with Crippen LogP contribution in [-0.4, -0.2) is 48.7 Å². The van der Waals surface area contributed by atoms with Crippen LogP contribution >= 0.6 is 0 Å². The number of benzene rings is 1. The molecule has 1 aromatic rings. The zero-order valence-electron chi connectivity index (χ0n) is 14.9. The van der Waals surface area contributed by atoms with Gasteiger partial charge in [-0.15, -0.1) is 0 Å². The van der Waals surface area contributed by atoms with Gasteiger partial charge in [-0.1, -0.05) is 31.9 Å². The molecule has 2 N–H and O–H groups in total. The molecule has 0 aliphatic carbocycles. The molecule has 0 aromatic heterocycles. The number of ether oxygens (including phenoxy) is 1. The lowest BCUT2D eigenvalue weighted by atomic mass is 10.1. The SMILES string of the molecule is CCCCCc1ccc(NC2=C(C(=O)OC)CN(CCO)C2=O)cc1. The monoisotopic (exact) mass is 346 g/mol. The number of aryl methyl sites for hydroxylation is 1. The third-order valence-corrected chi connectivity index (χ3v) is 4.25. The number of β-amino-alcohol motifs (C(OH)–C–C–N with tert-alkyl or cyclic N) is 1. The minimum atomic E-state index is -0.535. The highest BCUT2D eigenvalue weighted by Crippen LogP contribution is 2.23. The van der Waals surface area contributed by atoms with Gasteiger partial charge in [0.1, 0.15) is 5.70 Å². The van der Waals surface area contributed by atoms with Crippen molar-refractivity contribution < 1.29 is 19.4 Å². The second-order valence-corrected chi connectivity index (χ2v) is 6.07. The molecule has 0 radical (unpaired) electrons. The number of esters is 1. The molecule has 0 unspecified atom stereocenters. The first-order chi connectivity index (χ1) is 12.1. The number of aliphatic hydroxyl groups is 1. The number of unbranched alkanes of at least 4 members (excludes halogenated alkanes) is 2. The van der Waals surface area contributed by atoms with Crippen LogP contribution in [0.2, 0.25) is 0 Å². The molecule has 25 heavy (non-hydrogen) atoms. The average molecular weight is 346 g/mol. The van der Waals surface area contributed by atoms with Crippen molar-refractivity contribution in [2.45, 2.75) is 32.6 Å². The number of methoxy groups -OCH3 is 1. The summed E-state index contributed by atoms with van der Waals surface area (Å²) in [4.78, 5) is 25.8. The summed E-state index contributed by atoms with van der Waals surface area (Å²) in [6, 6.07) is 7.87. The minimum absolute atomic E-state index is 0.142. The molecule has 0 bridgehead atoms. The van der Waals surface area contributed by atoms with Crippen LogP contribution in [0.5, 0.6) is 0 Å². The highest BCUT2D eigenvalue weighted by Gasteiger charge is 2.34. The van der Waals surface area contributed by atoms with Gasteiger partial charge in [0.05, 0.1) is 25.8 Å². The molecule has 0 fully saturated rings. The third kappa shape index (κ3) is 4.82. The predicted molar refractivity (Wildman–Crippen MR) is 96.0 cm³/mol. The van der Waals surface area contributed by atoms with Crippen molar-refractivity contribution >= 4 is 17.6 Å². The van der Waals surface area contributed by atoms with Crippen LogP contribution in [0.25, 0.3) is 0 Å². The average Bonchev–Trinajstić information content (AvgIpc) is 2.93. The first kappa shape index (κ1) is 19.0. The number of hydrogen-bond acceptors (Lipinski definition) is 5. The number of anilines is 1. The summed E-state index contributed by atoms with van der Waals surface area (Å²) in [7, 11) is 1.29. The van der Waals surface area contributed by atoms with E-state index in [1.54, 1.807) is 0 Å². The third-order valence-electron chi connectivity index (χ3n) is 4.25. The van der Waals surface area contributed by atoms with Crippen molar-refractivity contribution in [2.75, 3.05) is 32.1 Å². The fourth-order valence-electron chi connectivity index (χ4n) is 2.83. The maximum atomic E-state index is 12.5. The highest BCUT2D eigenvalue weighted by molar-refractivity contribution is 6.08. The molecule has 0 spiro atoms. The molecule has 1 heterocycles. The van der Waals surface area contributed by atoms with Gasteiger partial charge < -0.3 is 20.1 Å². The molecular weight excluding hydrogens is 320 g/mol. The molecule has 0 atom stereocenters. The second kappa shape index (κ2) is 9.22. The Morgan fingerprint density at radius 2 is 2.00 bits per heavy atom. The lowest BCUT2D eigenvalue weighted by Crippen LogP contribution is -2.31. The van der Waals surface area contributed by atoms with Gasteiger partial charge in [0, 0.05) is 12.2 Å². The molecule has 136 valence electrons. The molecule has 6 nitrogen and oxygen atoms in total. The van der Waals surface area contributed by atoms with E-state index in [-0.39, 0.29) is 36.9 Å². The van der Waals surface area contributed by atoms with Crippen molar-refractivity contribution in [3.05, 3.63) is 41.1 Å². The molecule has 1 aliphatic heterocycles. The molecule has 2 rings (SSSR count). The van der Waals surface area contributed by atoms with E-state index in [2.05, 4.69) is 12.2 Å². The Balaban J connectivity index is 2.12. The number of nitrogens with one attached hydrogen (secondary N) is 1. The zero-order chi connectivity index (χ0) is 18.2. The van der Waals surface area contributed by atoms with Gasteiger partial charge >= 0.3 is 5.97 Å². The number of rotatable bonds is 9. The summed E-state index contributed by atoms with van der Waals surface area (Å²) >= 11 is 0. The van der Waals surface area contributed by atoms with Crippen molar-refractivity contribution in [2.24, 2.45) is 0 Å². The quantitative estimate of drug-likeness (QED) is 0.529. The lowest BCUT2D eigenvalue weighted by molar-refractivity contribution is -0.136. The van der Waals surface area contributed by atoms with E-state index in [0.29, 0.717) is 0 Å². The van der Waals surface area contributed by atoms with Gasteiger partial charge in [0.15, 0.2) is 0 Å². The number of carbonyl (C=O) groups is 2. The van der Waals surface area contributed by atoms with E-state index in [1.165, 1.54) is 30.4 Å². The second-order valence-electron chi connectivity index (χ2n) is 6.07. The molecular formula is C19H26N2O4. The summed E-state index contributed by atoms with van der Waals surface area (Å²) in [5.74, 6) is -0.839. The number of nitrogens with zero attached hydrogens (tertiary/aromatic N) is 1. The van der Waals surface area contributed by atoms with E-state index >= 15 is 0 Å². The molecule has 0 saturated heterocycles. The largest absolute Gasteiger partial charge is 0.466 e. The summed E-state index contributed by atoms with van der Waals surface area (Å²) in [5, 5.41) is 12.1.